The van der Waals surface area contributed by atoms with Crippen molar-refractivity contribution in [2.45, 2.75) is 65.8 Å². The molecule has 0 aliphatic carbocycles. The second-order valence-corrected chi connectivity index (χ2v) is 7.02. The van der Waals surface area contributed by atoms with Gasteiger partial charge in [-0.3, -0.25) is 0 Å². The van der Waals surface area contributed by atoms with Crippen LogP contribution in [-0.4, -0.2) is 29.2 Å². The summed E-state index contributed by atoms with van der Waals surface area (Å²) >= 11 is 0. The Hall–Kier alpha value is -1.81. The summed E-state index contributed by atoms with van der Waals surface area (Å²) in [5.41, 5.74) is 3.96. The molecule has 0 saturated carbocycles. The Bertz CT molecular complexity index is 616. The van der Waals surface area contributed by atoms with Gasteiger partial charge in [-0.2, -0.15) is 0 Å². The lowest BCUT2D eigenvalue weighted by atomic mass is 10.1. The fourth-order valence-corrected chi connectivity index (χ4v) is 3.18. The maximum absolute atomic E-state index is 4.47. The SMILES string of the molecule is CCCCc1cnc2n1CCCC2.CCNCCNc1ccc(C)cc1. The van der Waals surface area contributed by atoms with Gasteiger partial charge in [0.2, 0.25) is 0 Å². The van der Waals surface area contributed by atoms with Crippen LogP contribution in [0.15, 0.2) is 30.5 Å². The zero-order chi connectivity index (χ0) is 18.6. The highest BCUT2D eigenvalue weighted by atomic mass is 15.1. The van der Waals surface area contributed by atoms with Gasteiger partial charge in [0.05, 0.1) is 0 Å². The van der Waals surface area contributed by atoms with Crippen LogP contribution in [0.4, 0.5) is 5.69 Å². The molecule has 0 unspecified atom stereocenters. The molecule has 4 nitrogen and oxygen atoms in total. The first-order valence-corrected chi connectivity index (χ1v) is 10.3. The summed E-state index contributed by atoms with van der Waals surface area (Å²) in [5.74, 6) is 1.32. The largest absolute Gasteiger partial charge is 0.384 e. The predicted molar refractivity (Wildman–Crippen MR) is 112 cm³/mol. The highest BCUT2D eigenvalue weighted by Crippen LogP contribution is 2.17. The predicted octanol–water partition coefficient (Wildman–Crippen LogP) is 4.58. The van der Waals surface area contributed by atoms with E-state index in [1.54, 1.807) is 0 Å². The molecule has 0 spiro atoms. The van der Waals surface area contributed by atoms with Crippen molar-refractivity contribution in [2.75, 3.05) is 25.0 Å². The summed E-state index contributed by atoms with van der Waals surface area (Å²) < 4.78 is 2.43. The van der Waals surface area contributed by atoms with E-state index in [2.05, 4.69) is 71.4 Å². The number of hydrogen-bond donors (Lipinski definition) is 2. The number of benzene rings is 1. The van der Waals surface area contributed by atoms with Crippen molar-refractivity contribution in [3.8, 4) is 0 Å². The van der Waals surface area contributed by atoms with E-state index in [0.717, 1.165) is 19.6 Å². The molecule has 1 aliphatic rings. The second kappa shape index (κ2) is 11.7. The summed E-state index contributed by atoms with van der Waals surface area (Å²) in [4.78, 5) is 4.47. The smallest absolute Gasteiger partial charge is 0.108 e. The Labute approximate surface area is 159 Å². The molecule has 2 aromatic rings. The van der Waals surface area contributed by atoms with E-state index >= 15 is 0 Å². The molecular formula is C22H36N4. The van der Waals surface area contributed by atoms with E-state index in [0.29, 0.717) is 0 Å². The van der Waals surface area contributed by atoms with Gasteiger partial charge in [-0.15, -0.1) is 0 Å². The standard InChI is InChI=1S/2C11H18N2/c1-2-3-6-10-9-12-11-7-4-5-8-13(10)11;1-3-12-8-9-13-11-6-4-10(2)5-7-11/h9H,2-8H2,1H3;4-7,12-13H,3,8-9H2,1-2H3. The Morgan fingerprint density at radius 3 is 2.62 bits per heavy atom. The average molecular weight is 357 g/mol. The molecule has 0 saturated heterocycles. The lowest BCUT2D eigenvalue weighted by molar-refractivity contribution is 0.505. The summed E-state index contributed by atoms with van der Waals surface area (Å²) in [7, 11) is 0. The van der Waals surface area contributed by atoms with E-state index in [1.807, 2.05) is 0 Å². The quantitative estimate of drug-likeness (QED) is 0.680. The third-order valence-electron chi connectivity index (χ3n) is 4.77. The zero-order valence-electron chi connectivity index (χ0n) is 16.9. The van der Waals surface area contributed by atoms with Crippen LogP contribution in [0.2, 0.25) is 0 Å². The highest BCUT2D eigenvalue weighted by Gasteiger charge is 2.12. The molecule has 0 fully saturated rings. The minimum absolute atomic E-state index is 0.983. The molecule has 3 rings (SSSR count). The molecule has 26 heavy (non-hydrogen) atoms. The van der Waals surface area contributed by atoms with Gasteiger partial charge in [-0.25, -0.2) is 4.98 Å². The first-order valence-electron chi connectivity index (χ1n) is 10.3. The number of aromatic nitrogens is 2. The minimum atomic E-state index is 0.983. The number of imidazole rings is 1. The fourth-order valence-electron chi connectivity index (χ4n) is 3.18. The van der Waals surface area contributed by atoms with E-state index < -0.39 is 0 Å². The molecule has 0 bridgehead atoms. The van der Waals surface area contributed by atoms with Gasteiger partial charge in [0, 0.05) is 43.6 Å². The van der Waals surface area contributed by atoms with Crippen LogP contribution in [-0.2, 0) is 19.4 Å². The summed E-state index contributed by atoms with van der Waals surface area (Å²) in [5, 5.41) is 6.61. The molecule has 0 amide bonds. The maximum atomic E-state index is 4.47. The van der Waals surface area contributed by atoms with Crippen molar-refractivity contribution >= 4 is 5.69 Å². The Balaban J connectivity index is 0.000000187. The summed E-state index contributed by atoms with van der Waals surface area (Å²) in [6.07, 6.45) is 9.71. The number of rotatable bonds is 8. The normalized spacial score (nSPS) is 12.9. The van der Waals surface area contributed by atoms with E-state index in [9.17, 15) is 0 Å². The van der Waals surface area contributed by atoms with Crippen molar-refractivity contribution in [2.24, 2.45) is 0 Å². The Morgan fingerprint density at radius 2 is 1.88 bits per heavy atom. The number of nitrogens with zero attached hydrogens (tertiary/aromatic N) is 2. The third kappa shape index (κ3) is 6.83. The summed E-state index contributed by atoms with van der Waals surface area (Å²) in [6, 6.07) is 8.47. The molecule has 0 atom stereocenters. The first kappa shape index (κ1) is 20.5. The maximum Gasteiger partial charge on any atom is 0.108 e. The Kier molecular flexibility index (Phi) is 9.26. The highest BCUT2D eigenvalue weighted by molar-refractivity contribution is 5.44. The zero-order valence-corrected chi connectivity index (χ0v) is 16.9. The number of unbranched alkanes of at least 4 members (excludes halogenated alkanes) is 1. The van der Waals surface area contributed by atoms with Crippen molar-refractivity contribution in [3.05, 3.63) is 47.5 Å². The lowest BCUT2D eigenvalue weighted by Gasteiger charge is -2.16. The van der Waals surface area contributed by atoms with Crippen LogP contribution in [0.25, 0.3) is 0 Å². The number of nitrogens with one attached hydrogen (secondary N) is 2. The molecule has 4 heteroatoms. The molecule has 144 valence electrons. The van der Waals surface area contributed by atoms with Gasteiger partial charge in [-0.05, 0) is 51.3 Å². The van der Waals surface area contributed by atoms with Crippen LogP contribution in [0.5, 0.6) is 0 Å². The van der Waals surface area contributed by atoms with Crippen molar-refractivity contribution < 1.29 is 0 Å². The number of fused-ring (bicyclic) bond motifs is 1. The van der Waals surface area contributed by atoms with Crippen molar-refractivity contribution in [1.82, 2.24) is 14.9 Å². The van der Waals surface area contributed by atoms with Gasteiger partial charge < -0.3 is 15.2 Å². The lowest BCUT2D eigenvalue weighted by Crippen LogP contribution is -2.21. The van der Waals surface area contributed by atoms with Crippen molar-refractivity contribution in [3.63, 3.8) is 0 Å². The van der Waals surface area contributed by atoms with Crippen molar-refractivity contribution in [1.29, 1.82) is 0 Å². The van der Waals surface area contributed by atoms with Crippen LogP contribution >= 0.6 is 0 Å². The van der Waals surface area contributed by atoms with Gasteiger partial charge >= 0.3 is 0 Å². The molecule has 2 N–H and O–H groups in total. The molecular weight excluding hydrogens is 320 g/mol. The van der Waals surface area contributed by atoms with Gasteiger partial charge in [-0.1, -0.05) is 38.0 Å². The topological polar surface area (TPSA) is 41.9 Å². The molecule has 1 aliphatic heterocycles. The summed E-state index contributed by atoms with van der Waals surface area (Å²) in [6.45, 7) is 10.7. The van der Waals surface area contributed by atoms with Gasteiger partial charge in [0.1, 0.15) is 5.82 Å². The number of likely N-dealkylation sites (N-methyl/N-ethyl adjacent to an activating group) is 1. The molecule has 0 radical (unpaired) electrons. The average Bonchev–Trinajstić information content (AvgIpc) is 3.09. The molecule has 2 heterocycles. The van der Waals surface area contributed by atoms with Crippen LogP contribution in [0.1, 0.15) is 56.6 Å². The third-order valence-corrected chi connectivity index (χ3v) is 4.77. The fraction of sp³-hybridized carbons (Fsp3) is 0.591. The van der Waals surface area contributed by atoms with E-state index in [1.165, 1.54) is 67.8 Å². The van der Waals surface area contributed by atoms with E-state index in [-0.39, 0.29) is 0 Å². The van der Waals surface area contributed by atoms with Crippen LogP contribution in [0, 0.1) is 6.92 Å². The molecule has 1 aromatic heterocycles. The number of hydrogen-bond acceptors (Lipinski definition) is 3. The Morgan fingerprint density at radius 1 is 1.08 bits per heavy atom. The monoisotopic (exact) mass is 356 g/mol. The number of anilines is 1. The minimum Gasteiger partial charge on any atom is -0.384 e. The van der Waals surface area contributed by atoms with Gasteiger partial charge in [0.25, 0.3) is 0 Å². The number of aryl methyl sites for hydroxylation is 3. The van der Waals surface area contributed by atoms with Gasteiger partial charge in [0.15, 0.2) is 0 Å². The van der Waals surface area contributed by atoms with Crippen LogP contribution < -0.4 is 10.6 Å². The molecule has 1 aromatic carbocycles. The first-order chi connectivity index (χ1) is 12.7. The van der Waals surface area contributed by atoms with E-state index in [4.69, 9.17) is 0 Å². The van der Waals surface area contributed by atoms with Crippen LogP contribution in [0.3, 0.4) is 0 Å². The second-order valence-electron chi connectivity index (χ2n) is 7.02.